The zero-order chi connectivity index (χ0) is 11.8. The fourth-order valence-electron chi connectivity index (χ4n) is 1.02. The summed E-state index contributed by atoms with van der Waals surface area (Å²) in [5.74, 6) is 6.71. The van der Waals surface area contributed by atoms with Crippen LogP contribution in [0.3, 0.4) is 0 Å². The Morgan fingerprint density at radius 3 is 2.47 bits per heavy atom. The van der Waals surface area contributed by atoms with Gasteiger partial charge in [-0.1, -0.05) is 23.4 Å². The van der Waals surface area contributed by atoms with E-state index in [4.69, 9.17) is 16.3 Å². The Hall–Kier alpha value is -0.880. The summed E-state index contributed by atoms with van der Waals surface area (Å²) in [6.45, 7) is 5.28. The number of ether oxygens (including phenoxy) is 1. The quantitative estimate of drug-likeness (QED) is 0.762. The molecule has 0 aromatic heterocycles. The highest BCUT2D eigenvalue weighted by Crippen LogP contribution is 2.14. The van der Waals surface area contributed by atoms with Gasteiger partial charge >= 0.3 is 0 Å². The molecule has 0 bridgehead atoms. The maximum atomic E-state index is 5.75. The molecular weight excluding hydrogens is 257 g/mol. The summed E-state index contributed by atoms with van der Waals surface area (Å²) in [6.07, 6.45) is 0. The molecule has 4 heteroatoms. The van der Waals surface area contributed by atoms with Gasteiger partial charge in [0.1, 0.15) is 12.4 Å². The second-order valence-corrected chi connectivity index (χ2v) is 4.07. The molecule has 0 amide bonds. The Morgan fingerprint density at radius 1 is 1.24 bits per heavy atom. The molecule has 0 saturated heterocycles. The molecule has 0 atom stereocenters. The average Bonchev–Trinajstić information content (AvgIpc) is 2.25. The zero-order valence-electron chi connectivity index (χ0n) is 9.97. The van der Waals surface area contributed by atoms with E-state index < -0.39 is 0 Å². The molecule has 0 saturated carbocycles. The van der Waals surface area contributed by atoms with Gasteiger partial charge in [-0.15, -0.1) is 0 Å². The van der Waals surface area contributed by atoms with E-state index in [2.05, 4.69) is 31.0 Å². The van der Waals surface area contributed by atoms with Crippen LogP contribution in [-0.4, -0.2) is 19.2 Å². The lowest BCUT2D eigenvalue weighted by molar-refractivity contribution is -0.00000385. The first-order valence-electron chi connectivity index (χ1n) is 5.26. The van der Waals surface area contributed by atoms with E-state index >= 15 is 0 Å². The maximum absolute atomic E-state index is 5.75. The van der Waals surface area contributed by atoms with Crippen LogP contribution in [0.1, 0.15) is 13.8 Å². The van der Waals surface area contributed by atoms with Crippen molar-refractivity contribution in [1.29, 1.82) is 0 Å². The Labute approximate surface area is 114 Å². The van der Waals surface area contributed by atoms with Crippen LogP contribution < -0.4 is 22.5 Å². The molecule has 0 aliphatic rings. The first-order valence-corrected chi connectivity index (χ1v) is 5.64. The van der Waals surface area contributed by atoms with Crippen molar-refractivity contribution in [3.63, 3.8) is 0 Å². The fourth-order valence-corrected chi connectivity index (χ4v) is 1.14. The molecule has 1 rings (SSSR count). The van der Waals surface area contributed by atoms with E-state index in [1.807, 2.05) is 12.1 Å². The second kappa shape index (κ2) is 9.18. The minimum atomic E-state index is 0. The van der Waals surface area contributed by atoms with Gasteiger partial charge in [0.2, 0.25) is 0 Å². The van der Waals surface area contributed by atoms with Crippen LogP contribution in [0.25, 0.3) is 0 Å². The molecule has 0 aliphatic heterocycles. The second-order valence-electron chi connectivity index (χ2n) is 3.63. The van der Waals surface area contributed by atoms with E-state index in [0.29, 0.717) is 24.2 Å². The lowest BCUT2D eigenvalue weighted by Crippen LogP contribution is -3.00. The van der Waals surface area contributed by atoms with Crippen molar-refractivity contribution in [3.05, 3.63) is 29.3 Å². The summed E-state index contributed by atoms with van der Waals surface area (Å²) in [5.41, 5.74) is 0. The SMILES string of the molecule is CC(C)NCC#CCOc1ccc(Cl)cc1.[Cl-]. The molecule has 17 heavy (non-hydrogen) atoms. The Morgan fingerprint density at radius 2 is 1.88 bits per heavy atom. The van der Waals surface area contributed by atoms with Gasteiger partial charge < -0.3 is 22.5 Å². The molecule has 1 N–H and O–H groups in total. The standard InChI is InChI=1S/C13H16ClNO.ClH/c1-11(2)15-9-3-4-10-16-13-7-5-12(14)6-8-13;/h5-8,11,15H,9-10H2,1-2H3;1H/p-1. The lowest BCUT2D eigenvalue weighted by Gasteiger charge is -2.02. The predicted octanol–water partition coefficient (Wildman–Crippen LogP) is -0.276. The minimum absolute atomic E-state index is 0. The fraction of sp³-hybridized carbons (Fsp3) is 0.385. The molecule has 2 nitrogen and oxygen atoms in total. The van der Waals surface area contributed by atoms with Crippen LogP contribution >= 0.6 is 11.6 Å². The molecule has 0 fully saturated rings. The number of rotatable bonds is 4. The topological polar surface area (TPSA) is 21.3 Å². The van der Waals surface area contributed by atoms with Gasteiger partial charge in [-0.05, 0) is 38.1 Å². The van der Waals surface area contributed by atoms with Crippen LogP contribution in [0.4, 0.5) is 0 Å². The number of benzene rings is 1. The van der Waals surface area contributed by atoms with Gasteiger partial charge in [0.25, 0.3) is 0 Å². The highest BCUT2D eigenvalue weighted by Gasteiger charge is 1.91. The Bertz CT molecular complexity index is 365. The zero-order valence-corrected chi connectivity index (χ0v) is 11.5. The van der Waals surface area contributed by atoms with E-state index in [1.165, 1.54) is 0 Å². The molecule has 0 radical (unpaired) electrons. The van der Waals surface area contributed by atoms with Gasteiger partial charge in [0.15, 0.2) is 0 Å². The van der Waals surface area contributed by atoms with Crippen molar-refractivity contribution in [2.75, 3.05) is 13.2 Å². The van der Waals surface area contributed by atoms with Crippen LogP contribution in [-0.2, 0) is 0 Å². The Balaban J connectivity index is 0.00000256. The first kappa shape index (κ1) is 16.1. The van der Waals surface area contributed by atoms with Crippen LogP contribution in [0.2, 0.25) is 5.02 Å². The van der Waals surface area contributed by atoms with Crippen LogP contribution in [0, 0.1) is 11.8 Å². The number of hydrogen-bond acceptors (Lipinski definition) is 2. The van der Waals surface area contributed by atoms with Gasteiger partial charge in [-0.2, -0.15) is 0 Å². The summed E-state index contributed by atoms with van der Waals surface area (Å²) in [6, 6.07) is 7.72. The van der Waals surface area contributed by atoms with Crippen molar-refractivity contribution in [2.24, 2.45) is 0 Å². The largest absolute Gasteiger partial charge is 1.00 e. The van der Waals surface area contributed by atoms with Crippen molar-refractivity contribution in [3.8, 4) is 17.6 Å². The van der Waals surface area contributed by atoms with Crippen LogP contribution in [0.5, 0.6) is 5.75 Å². The van der Waals surface area contributed by atoms with Gasteiger partial charge in [0.05, 0.1) is 6.54 Å². The van der Waals surface area contributed by atoms with Crippen LogP contribution in [0.15, 0.2) is 24.3 Å². The monoisotopic (exact) mass is 272 g/mol. The summed E-state index contributed by atoms with van der Waals surface area (Å²) in [4.78, 5) is 0. The summed E-state index contributed by atoms with van der Waals surface area (Å²) in [5, 5.41) is 3.91. The van der Waals surface area contributed by atoms with Crippen molar-refractivity contribution < 1.29 is 17.1 Å². The van der Waals surface area contributed by atoms with Gasteiger partial charge in [-0.25, -0.2) is 0 Å². The lowest BCUT2D eigenvalue weighted by atomic mass is 10.3. The Kier molecular flexibility index (Phi) is 8.71. The average molecular weight is 273 g/mol. The molecule has 94 valence electrons. The number of halogens is 2. The first-order chi connectivity index (χ1) is 7.68. The third kappa shape index (κ3) is 7.93. The van der Waals surface area contributed by atoms with E-state index in [-0.39, 0.29) is 12.4 Å². The van der Waals surface area contributed by atoms with E-state index in [0.717, 1.165) is 5.75 Å². The highest BCUT2D eigenvalue weighted by molar-refractivity contribution is 6.30. The van der Waals surface area contributed by atoms with Gasteiger partial charge in [-0.3, -0.25) is 0 Å². The van der Waals surface area contributed by atoms with Gasteiger partial charge in [0, 0.05) is 11.1 Å². The smallest absolute Gasteiger partial charge is 0.149 e. The maximum Gasteiger partial charge on any atom is 0.149 e. The molecule has 0 spiro atoms. The molecule has 0 unspecified atom stereocenters. The molecule has 0 aliphatic carbocycles. The predicted molar refractivity (Wildman–Crippen MR) is 67.9 cm³/mol. The minimum Gasteiger partial charge on any atom is -1.00 e. The highest BCUT2D eigenvalue weighted by atomic mass is 35.5. The van der Waals surface area contributed by atoms with E-state index in [9.17, 15) is 0 Å². The molecule has 1 aromatic rings. The summed E-state index contributed by atoms with van der Waals surface area (Å²) < 4.78 is 5.41. The summed E-state index contributed by atoms with van der Waals surface area (Å²) in [7, 11) is 0. The third-order valence-electron chi connectivity index (χ3n) is 1.85. The number of hydrogen-bond donors (Lipinski definition) is 1. The molecular formula is C13H16Cl2NO-. The summed E-state index contributed by atoms with van der Waals surface area (Å²) >= 11 is 5.75. The normalized spacial score (nSPS) is 9.18. The molecule has 0 heterocycles. The van der Waals surface area contributed by atoms with Crippen molar-refractivity contribution in [2.45, 2.75) is 19.9 Å². The van der Waals surface area contributed by atoms with Crippen molar-refractivity contribution in [1.82, 2.24) is 5.32 Å². The number of nitrogens with one attached hydrogen (secondary N) is 1. The third-order valence-corrected chi connectivity index (χ3v) is 2.10. The van der Waals surface area contributed by atoms with E-state index in [1.54, 1.807) is 12.1 Å². The molecule has 1 aromatic carbocycles. The van der Waals surface area contributed by atoms with Crippen molar-refractivity contribution >= 4 is 11.6 Å².